The number of hydrogen-bond acceptors (Lipinski definition) is 1. The zero-order valence-electron chi connectivity index (χ0n) is 10.9. The van der Waals surface area contributed by atoms with Crippen molar-refractivity contribution in [1.82, 2.24) is 0 Å². The average Bonchev–Trinajstić information content (AvgIpc) is 2.83. The molecule has 1 aliphatic heterocycles. The molecule has 0 radical (unpaired) electrons. The minimum Gasteiger partial charge on any atom is -0.370 e. The minimum atomic E-state index is 0.497. The molecular weight excluding hydrogens is 234 g/mol. The molecule has 0 atom stereocenters. The van der Waals surface area contributed by atoms with Gasteiger partial charge >= 0.3 is 0 Å². The van der Waals surface area contributed by atoms with Gasteiger partial charge in [0.2, 0.25) is 0 Å². The van der Waals surface area contributed by atoms with Gasteiger partial charge in [0.15, 0.2) is 0 Å². The normalized spacial score (nSPS) is 19.2. The van der Waals surface area contributed by atoms with E-state index in [4.69, 9.17) is 4.74 Å². The van der Waals surface area contributed by atoms with Gasteiger partial charge in [0.1, 0.15) is 19.1 Å². The molecule has 0 aromatic heterocycles. The van der Waals surface area contributed by atoms with E-state index in [1.165, 1.54) is 22.3 Å². The number of quaternary nitrogens is 1. The Kier molecular flexibility index (Phi) is 2.64. The Morgan fingerprint density at radius 3 is 1.89 bits per heavy atom. The highest BCUT2D eigenvalue weighted by molar-refractivity contribution is 5.77. The number of morpholine rings is 1. The first-order valence-electron chi connectivity index (χ1n) is 7.06. The van der Waals surface area contributed by atoms with Gasteiger partial charge in [-0.2, -0.15) is 0 Å². The van der Waals surface area contributed by atoms with E-state index in [9.17, 15) is 0 Å². The van der Waals surface area contributed by atoms with Gasteiger partial charge in [0.05, 0.1) is 13.2 Å². The van der Waals surface area contributed by atoms with Gasteiger partial charge in [-0.25, -0.2) is 0 Å². The first kappa shape index (κ1) is 11.2. The van der Waals surface area contributed by atoms with Gasteiger partial charge in [-0.05, 0) is 11.1 Å². The topological polar surface area (TPSA) is 13.7 Å². The summed E-state index contributed by atoms with van der Waals surface area (Å²) in [5.41, 5.74) is 5.81. The maximum absolute atomic E-state index is 5.51. The van der Waals surface area contributed by atoms with Crippen molar-refractivity contribution < 1.29 is 9.64 Å². The molecule has 4 rings (SSSR count). The average molecular weight is 252 g/mol. The highest BCUT2D eigenvalue weighted by Crippen LogP contribution is 2.41. The smallest absolute Gasteiger partial charge is 0.140 e. The maximum Gasteiger partial charge on any atom is 0.140 e. The fraction of sp³-hybridized carbons (Fsp3) is 0.294. The number of rotatable bonds is 1. The monoisotopic (exact) mass is 252 g/mol. The quantitative estimate of drug-likeness (QED) is 0.815. The van der Waals surface area contributed by atoms with Crippen LogP contribution in [0.1, 0.15) is 17.2 Å². The lowest BCUT2D eigenvalue weighted by atomic mass is 10.0. The molecule has 2 aliphatic rings. The zero-order valence-corrected chi connectivity index (χ0v) is 10.9. The van der Waals surface area contributed by atoms with E-state index in [1.54, 1.807) is 4.90 Å². The Hall–Kier alpha value is -1.64. The van der Waals surface area contributed by atoms with Crippen LogP contribution in [0, 0.1) is 0 Å². The van der Waals surface area contributed by atoms with Crippen LogP contribution >= 0.6 is 0 Å². The second kappa shape index (κ2) is 4.48. The molecule has 0 saturated carbocycles. The van der Waals surface area contributed by atoms with E-state index in [0.29, 0.717) is 6.04 Å². The van der Waals surface area contributed by atoms with Crippen LogP contribution in [0.2, 0.25) is 0 Å². The van der Waals surface area contributed by atoms with Crippen LogP contribution in [0.25, 0.3) is 11.1 Å². The van der Waals surface area contributed by atoms with Crippen LogP contribution in [0.5, 0.6) is 0 Å². The molecule has 1 saturated heterocycles. The SMILES string of the molecule is c1ccc2c(c1)-c1ccccc1C2[NH+]1CCOCC1. The zero-order chi connectivity index (χ0) is 12.7. The van der Waals surface area contributed by atoms with Crippen LogP contribution in [0.3, 0.4) is 0 Å². The largest absolute Gasteiger partial charge is 0.370 e. The second-order valence-electron chi connectivity index (χ2n) is 5.38. The molecule has 0 amide bonds. The number of fused-ring (bicyclic) bond motifs is 3. The van der Waals surface area contributed by atoms with Crippen molar-refractivity contribution in [3.63, 3.8) is 0 Å². The molecule has 2 aromatic carbocycles. The lowest BCUT2D eigenvalue weighted by Crippen LogP contribution is -3.14. The van der Waals surface area contributed by atoms with Crippen LogP contribution in [-0.4, -0.2) is 26.3 Å². The van der Waals surface area contributed by atoms with Crippen LogP contribution in [0.15, 0.2) is 48.5 Å². The predicted octanol–water partition coefficient (Wildman–Crippen LogP) is 1.67. The molecule has 19 heavy (non-hydrogen) atoms. The molecule has 1 aliphatic carbocycles. The second-order valence-corrected chi connectivity index (χ2v) is 5.38. The lowest BCUT2D eigenvalue weighted by molar-refractivity contribution is -0.932. The summed E-state index contributed by atoms with van der Waals surface area (Å²) in [5.74, 6) is 0. The molecule has 2 nitrogen and oxygen atoms in total. The fourth-order valence-corrected chi connectivity index (χ4v) is 3.52. The van der Waals surface area contributed by atoms with Crippen molar-refractivity contribution in [3.8, 4) is 11.1 Å². The van der Waals surface area contributed by atoms with E-state index in [0.717, 1.165) is 26.3 Å². The van der Waals surface area contributed by atoms with E-state index < -0.39 is 0 Å². The Labute approximate surface area is 113 Å². The summed E-state index contributed by atoms with van der Waals surface area (Å²) in [6, 6.07) is 18.2. The molecule has 2 aromatic rings. The van der Waals surface area contributed by atoms with Crippen molar-refractivity contribution in [2.45, 2.75) is 6.04 Å². The van der Waals surface area contributed by atoms with Crippen molar-refractivity contribution in [2.24, 2.45) is 0 Å². The van der Waals surface area contributed by atoms with Crippen LogP contribution in [-0.2, 0) is 4.74 Å². The van der Waals surface area contributed by atoms with Crippen molar-refractivity contribution >= 4 is 0 Å². The van der Waals surface area contributed by atoms with E-state index in [1.807, 2.05) is 0 Å². The first-order valence-corrected chi connectivity index (χ1v) is 7.06. The number of hydrogen-bond donors (Lipinski definition) is 1. The van der Waals surface area contributed by atoms with Gasteiger partial charge in [-0.3, -0.25) is 0 Å². The Balaban J connectivity index is 1.86. The van der Waals surface area contributed by atoms with Crippen molar-refractivity contribution in [2.75, 3.05) is 26.3 Å². The summed E-state index contributed by atoms with van der Waals surface area (Å²) in [7, 11) is 0. The van der Waals surface area contributed by atoms with Crippen molar-refractivity contribution in [3.05, 3.63) is 59.7 Å². The maximum atomic E-state index is 5.51. The third kappa shape index (κ3) is 1.71. The van der Waals surface area contributed by atoms with Gasteiger partial charge in [0.25, 0.3) is 0 Å². The highest BCUT2D eigenvalue weighted by Gasteiger charge is 2.36. The Morgan fingerprint density at radius 1 is 0.789 bits per heavy atom. The Bertz CT molecular complexity index is 556. The van der Waals surface area contributed by atoms with E-state index >= 15 is 0 Å². The number of ether oxygens (including phenoxy) is 1. The number of nitrogens with one attached hydrogen (secondary N) is 1. The molecule has 2 heteroatoms. The molecule has 0 spiro atoms. The summed E-state index contributed by atoms with van der Waals surface area (Å²) in [4.78, 5) is 1.64. The molecule has 0 unspecified atom stereocenters. The molecule has 1 N–H and O–H groups in total. The fourth-order valence-electron chi connectivity index (χ4n) is 3.52. The summed E-state index contributed by atoms with van der Waals surface area (Å²) in [5, 5.41) is 0. The van der Waals surface area contributed by atoms with Gasteiger partial charge in [0, 0.05) is 11.1 Å². The van der Waals surface area contributed by atoms with Crippen LogP contribution in [0.4, 0.5) is 0 Å². The lowest BCUT2D eigenvalue weighted by Gasteiger charge is -2.30. The Morgan fingerprint density at radius 2 is 1.32 bits per heavy atom. The molecule has 96 valence electrons. The molecule has 0 bridgehead atoms. The third-order valence-corrected chi connectivity index (χ3v) is 4.38. The summed E-state index contributed by atoms with van der Waals surface area (Å²) in [6.45, 7) is 3.98. The van der Waals surface area contributed by atoms with Crippen molar-refractivity contribution in [1.29, 1.82) is 0 Å². The molecule has 1 fully saturated rings. The minimum absolute atomic E-state index is 0.497. The summed E-state index contributed by atoms with van der Waals surface area (Å²) in [6.07, 6.45) is 0. The highest BCUT2D eigenvalue weighted by atomic mass is 16.5. The summed E-state index contributed by atoms with van der Waals surface area (Å²) >= 11 is 0. The van der Waals surface area contributed by atoms with Gasteiger partial charge in [-0.1, -0.05) is 48.5 Å². The summed E-state index contributed by atoms with van der Waals surface area (Å²) < 4.78 is 5.51. The predicted molar refractivity (Wildman–Crippen MR) is 75.2 cm³/mol. The van der Waals surface area contributed by atoms with E-state index in [2.05, 4.69) is 48.5 Å². The van der Waals surface area contributed by atoms with E-state index in [-0.39, 0.29) is 0 Å². The molecular formula is C17H18NO+. The standard InChI is InChI=1S/C17H17NO/c1-3-7-15-13(5-1)14-6-2-4-8-16(14)17(15)18-9-11-19-12-10-18/h1-8,17H,9-12H2/p+1. The van der Waals surface area contributed by atoms with Gasteiger partial charge in [-0.15, -0.1) is 0 Å². The van der Waals surface area contributed by atoms with Crippen LogP contribution < -0.4 is 4.90 Å². The first-order chi connectivity index (χ1) is 9.45. The number of benzene rings is 2. The third-order valence-electron chi connectivity index (χ3n) is 4.38. The van der Waals surface area contributed by atoms with Gasteiger partial charge < -0.3 is 9.64 Å². The molecule has 1 heterocycles.